The fourth-order valence-corrected chi connectivity index (χ4v) is 3.51. The summed E-state index contributed by atoms with van der Waals surface area (Å²) >= 11 is 0. The quantitative estimate of drug-likeness (QED) is 0.713. The fraction of sp³-hybridized carbons (Fsp3) is 0.286. The molecule has 1 aromatic heterocycles. The SMILES string of the molecule is O=C(NCCC(=O)N1CCN(c2ccccc2)CC1)c1n[nH]c2ccccc12. The zero-order valence-electron chi connectivity index (χ0n) is 15.6. The second-order valence-corrected chi connectivity index (χ2v) is 6.83. The molecule has 0 aliphatic carbocycles. The number of benzene rings is 2. The molecule has 1 fully saturated rings. The summed E-state index contributed by atoms with van der Waals surface area (Å²) in [5.41, 5.74) is 2.37. The molecule has 0 bridgehead atoms. The van der Waals surface area contributed by atoms with Crippen molar-refractivity contribution in [3.63, 3.8) is 0 Å². The van der Waals surface area contributed by atoms with Crippen molar-refractivity contribution in [3.8, 4) is 0 Å². The van der Waals surface area contributed by atoms with Gasteiger partial charge in [-0.05, 0) is 18.2 Å². The van der Waals surface area contributed by atoms with Crippen LogP contribution in [0.2, 0.25) is 0 Å². The summed E-state index contributed by atoms with van der Waals surface area (Å²) in [5.74, 6) is -0.195. The van der Waals surface area contributed by atoms with Crippen molar-refractivity contribution in [2.45, 2.75) is 6.42 Å². The van der Waals surface area contributed by atoms with Crippen LogP contribution in [0.15, 0.2) is 54.6 Å². The van der Waals surface area contributed by atoms with Crippen molar-refractivity contribution in [2.75, 3.05) is 37.6 Å². The van der Waals surface area contributed by atoms with Crippen LogP contribution in [0.5, 0.6) is 0 Å². The maximum absolute atomic E-state index is 12.5. The second-order valence-electron chi connectivity index (χ2n) is 6.83. The van der Waals surface area contributed by atoms with E-state index < -0.39 is 0 Å². The highest BCUT2D eigenvalue weighted by molar-refractivity contribution is 6.04. The molecule has 2 aromatic carbocycles. The number of aromatic amines is 1. The average Bonchev–Trinajstić information content (AvgIpc) is 3.19. The fourth-order valence-electron chi connectivity index (χ4n) is 3.51. The predicted octanol–water partition coefficient (Wildman–Crippen LogP) is 2.03. The molecule has 1 aliphatic heterocycles. The molecule has 144 valence electrons. The average molecular weight is 377 g/mol. The van der Waals surface area contributed by atoms with E-state index in [0.717, 1.165) is 24.0 Å². The molecule has 4 rings (SSSR count). The lowest BCUT2D eigenvalue weighted by Crippen LogP contribution is -2.49. The molecule has 2 N–H and O–H groups in total. The van der Waals surface area contributed by atoms with E-state index in [-0.39, 0.29) is 11.8 Å². The molecule has 0 atom stereocenters. The minimum atomic E-state index is -0.265. The molecule has 28 heavy (non-hydrogen) atoms. The molecule has 3 aromatic rings. The lowest BCUT2D eigenvalue weighted by Gasteiger charge is -2.36. The first kappa shape index (κ1) is 18.0. The third kappa shape index (κ3) is 3.83. The number of para-hydroxylation sites is 2. The molecule has 7 heteroatoms. The number of carbonyl (C=O) groups is 2. The van der Waals surface area contributed by atoms with Crippen LogP contribution in [-0.2, 0) is 4.79 Å². The van der Waals surface area contributed by atoms with E-state index in [1.54, 1.807) is 0 Å². The number of piperazine rings is 1. The molecule has 2 amide bonds. The Labute approximate surface area is 163 Å². The van der Waals surface area contributed by atoms with Crippen molar-refractivity contribution >= 4 is 28.4 Å². The van der Waals surface area contributed by atoms with Crippen LogP contribution in [0.25, 0.3) is 10.9 Å². The van der Waals surface area contributed by atoms with Crippen LogP contribution >= 0.6 is 0 Å². The zero-order valence-corrected chi connectivity index (χ0v) is 15.6. The number of hydrogen-bond donors (Lipinski definition) is 2. The maximum atomic E-state index is 12.5. The Hall–Kier alpha value is -3.35. The van der Waals surface area contributed by atoms with Gasteiger partial charge in [0.2, 0.25) is 5.91 Å². The van der Waals surface area contributed by atoms with E-state index in [1.807, 2.05) is 47.4 Å². The van der Waals surface area contributed by atoms with Crippen molar-refractivity contribution in [2.24, 2.45) is 0 Å². The third-order valence-corrected chi connectivity index (χ3v) is 5.06. The Bertz CT molecular complexity index is 961. The number of carbonyl (C=O) groups excluding carboxylic acids is 2. The number of H-pyrrole nitrogens is 1. The largest absolute Gasteiger partial charge is 0.368 e. The molecule has 1 aliphatic rings. The standard InChI is InChI=1S/C21H23N5O2/c27-19(26-14-12-25(13-15-26)16-6-2-1-3-7-16)10-11-22-21(28)20-17-8-4-5-9-18(17)23-24-20/h1-9H,10-15H2,(H,22,28)(H,23,24). The van der Waals surface area contributed by atoms with Crippen molar-refractivity contribution in [1.82, 2.24) is 20.4 Å². The highest BCUT2D eigenvalue weighted by atomic mass is 16.2. The van der Waals surface area contributed by atoms with Crippen molar-refractivity contribution < 1.29 is 9.59 Å². The van der Waals surface area contributed by atoms with Crippen LogP contribution in [-0.4, -0.2) is 59.6 Å². The van der Waals surface area contributed by atoms with Crippen LogP contribution in [0.4, 0.5) is 5.69 Å². The van der Waals surface area contributed by atoms with Crippen molar-refractivity contribution in [1.29, 1.82) is 0 Å². The number of nitrogens with zero attached hydrogens (tertiary/aromatic N) is 3. The van der Waals surface area contributed by atoms with Gasteiger partial charge in [-0.1, -0.05) is 36.4 Å². The number of hydrogen-bond acceptors (Lipinski definition) is 4. The lowest BCUT2D eigenvalue weighted by molar-refractivity contribution is -0.131. The molecule has 0 radical (unpaired) electrons. The van der Waals surface area contributed by atoms with Crippen LogP contribution in [0.3, 0.4) is 0 Å². The highest BCUT2D eigenvalue weighted by Gasteiger charge is 2.21. The molecule has 7 nitrogen and oxygen atoms in total. The van der Waals surface area contributed by atoms with Gasteiger partial charge in [-0.15, -0.1) is 0 Å². The maximum Gasteiger partial charge on any atom is 0.272 e. The molecule has 0 unspecified atom stereocenters. The van der Waals surface area contributed by atoms with E-state index in [4.69, 9.17) is 0 Å². The summed E-state index contributed by atoms with van der Waals surface area (Å²) in [6, 6.07) is 17.7. The Kier molecular flexibility index (Phi) is 5.23. The van der Waals surface area contributed by atoms with E-state index in [9.17, 15) is 9.59 Å². The van der Waals surface area contributed by atoms with E-state index in [1.165, 1.54) is 5.69 Å². The summed E-state index contributed by atoms with van der Waals surface area (Å²) in [5, 5.41) is 10.5. The smallest absolute Gasteiger partial charge is 0.272 e. The number of aromatic nitrogens is 2. The van der Waals surface area contributed by atoms with E-state index in [2.05, 4.69) is 32.5 Å². The van der Waals surface area contributed by atoms with Crippen LogP contribution in [0, 0.1) is 0 Å². The summed E-state index contributed by atoms with van der Waals surface area (Å²) in [7, 11) is 0. The van der Waals surface area contributed by atoms with Crippen molar-refractivity contribution in [3.05, 3.63) is 60.3 Å². The Morgan fingerprint density at radius 1 is 0.964 bits per heavy atom. The Morgan fingerprint density at radius 2 is 1.68 bits per heavy atom. The number of amides is 2. The molecule has 1 saturated heterocycles. The first-order valence-electron chi connectivity index (χ1n) is 9.51. The zero-order chi connectivity index (χ0) is 19.3. The minimum Gasteiger partial charge on any atom is -0.368 e. The van der Waals surface area contributed by atoms with Gasteiger partial charge in [0, 0.05) is 50.2 Å². The van der Waals surface area contributed by atoms with Gasteiger partial charge in [-0.25, -0.2) is 0 Å². The topological polar surface area (TPSA) is 81.3 Å². The van der Waals surface area contributed by atoms with Gasteiger partial charge in [-0.3, -0.25) is 14.7 Å². The van der Waals surface area contributed by atoms with Gasteiger partial charge in [0.05, 0.1) is 5.52 Å². The molecular weight excluding hydrogens is 354 g/mol. The van der Waals surface area contributed by atoms with Gasteiger partial charge in [0.15, 0.2) is 5.69 Å². The van der Waals surface area contributed by atoms with Crippen LogP contribution < -0.4 is 10.2 Å². The minimum absolute atomic E-state index is 0.0693. The molecule has 2 heterocycles. The van der Waals surface area contributed by atoms with Gasteiger partial charge in [-0.2, -0.15) is 5.10 Å². The van der Waals surface area contributed by atoms with Gasteiger partial charge in [0.1, 0.15) is 0 Å². The van der Waals surface area contributed by atoms with Gasteiger partial charge >= 0.3 is 0 Å². The first-order chi connectivity index (χ1) is 13.7. The first-order valence-corrected chi connectivity index (χ1v) is 9.51. The third-order valence-electron chi connectivity index (χ3n) is 5.06. The number of anilines is 1. The monoisotopic (exact) mass is 377 g/mol. The second kappa shape index (κ2) is 8.12. The number of fused-ring (bicyclic) bond motifs is 1. The molecule has 0 saturated carbocycles. The Balaban J connectivity index is 1.24. The summed E-state index contributed by atoms with van der Waals surface area (Å²) in [4.78, 5) is 29.0. The molecular formula is C21H23N5O2. The van der Waals surface area contributed by atoms with Gasteiger partial charge < -0.3 is 15.1 Å². The van der Waals surface area contributed by atoms with Gasteiger partial charge in [0.25, 0.3) is 5.91 Å². The summed E-state index contributed by atoms with van der Waals surface area (Å²) in [6.45, 7) is 3.35. The Morgan fingerprint density at radius 3 is 2.46 bits per heavy atom. The van der Waals surface area contributed by atoms with E-state index >= 15 is 0 Å². The number of nitrogens with one attached hydrogen (secondary N) is 2. The van der Waals surface area contributed by atoms with Crippen LogP contribution in [0.1, 0.15) is 16.9 Å². The predicted molar refractivity (Wildman–Crippen MR) is 108 cm³/mol. The number of rotatable bonds is 5. The lowest BCUT2D eigenvalue weighted by atomic mass is 10.2. The van der Waals surface area contributed by atoms with E-state index in [0.29, 0.717) is 31.7 Å². The summed E-state index contributed by atoms with van der Waals surface area (Å²) < 4.78 is 0. The normalized spacial score (nSPS) is 14.3. The molecule has 0 spiro atoms. The summed E-state index contributed by atoms with van der Waals surface area (Å²) in [6.07, 6.45) is 0.291. The highest BCUT2D eigenvalue weighted by Crippen LogP contribution is 2.16.